The maximum atomic E-state index is 11.7. The molecule has 2 amide bonds. The Labute approximate surface area is 137 Å². The molecule has 0 aliphatic carbocycles. The van der Waals surface area contributed by atoms with Gasteiger partial charge >= 0.3 is 11.8 Å². The number of aromatic hydroxyl groups is 1. The summed E-state index contributed by atoms with van der Waals surface area (Å²) in [5, 5.41) is 16.1. The van der Waals surface area contributed by atoms with Crippen LogP contribution in [0.25, 0.3) is 0 Å². The van der Waals surface area contributed by atoms with Gasteiger partial charge in [-0.05, 0) is 36.8 Å². The number of hydrogen-bond acceptors (Lipinski definition) is 4. The van der Waals surface area contributed by atoms with E-state index in [9.17, 15) is 14.7 Å². The first-order chi connectivity index (χ1) is 11.0. The fourth-order valence-corrected chi connectivity index (χ4v) is 1.85. The predicted molar refractivity (Wildman–Crippen MR) is 88.7 cm³/mol. The number of amides is 2. The molecule has 0 fully saturated rings. The Kier molecular flexibility index (Phi) is 5.32. The van der Waals surface area contributed by atoms with Crippen LogP contribution in [-0.4, -0.2) is 23.1 Å². The van der Waals surface area contributed by atoms with Crippen molar-refractivity contribution < 1.29 is 14.7 Å². The number of aryl methyl sites for hydroxylation is 1. The molecule has 3 N–H and O–H groups in total. The van der Waals surface area contributed by atoms with E-state index < -0.39 is 11.8 Å². The molecular weight excluding hydrogens is 318 g/mol. The number of benzene rings is 2. The average molecular weight is 332 g/mol. The normalized spacial score (nSPS) is 10.5. The number of carbonyl (C=O) groups is 2. The summed E-state index contributed by atoms with van der Waals surface area (Å²) in [7, 11) is 0. The van der Waals surface area contributed by atoms with Crippen LogP contribution in [0, 0.1) is 6.92 Å². The zero-order valence-electron chi connectivity index (χ0n) is 12.2. The molecule has 0 aliphatic rings. The molecule has 0 atom stereocenters. The van der Waals surface area contributed by atoms with Crippen molar-refractivity contribution in [1.29, 1.82) is 0 Å². The minimum atomic E-state index is -0.937. The monoisotopic (exact) mass is 331 g/mol. The molecule has 7 heteroatoms. The van der Waals surface area contributed by atoms with E-state index in [1.54, 1.807) is 36.4 Å². The number of anilines is 1. The minimum absolute atomic E-state index is 0.0178. The van der Waals surface area contributed by atoms with Crippen molar-refractivity contribution >= 4 is 35.3 Å². The molecule has 0 spiro atoms. The third kappa shape index (κ3) is 4.55. The summed E-state index contributed by atoms with van der Waals surface area (Å²) in [6.45, 7) is 1.83. The van der Waals surface area contributed by atoms with Gasteiger partial charge < -0.3 is 10.4 Å². The van der Waals surface area contributed by atoms with Gasteiger partial charge in [-0.15, -0.1) is 0 Å². The molecule has 0 aromatic heterocycles. The fraction of sp³-hybridized carbons (Fsp3) is 0.0625. The molecule has 0 saturated heterocycles. The summed E-state index contributed by atoms with van der Waals surface area (Å²) in [5.74, 6) is -1.79. The van der Waals surface area contributed by atoms with E-state index in [0.717, 1.165) is 5.56 Å². The lowest BCUT2D eigenvalue weighted by Gasteiger charge is -2.05. The standard InChI is InChI=1S/C16H14ClN3O3/c1-10-6-7-12(8-13(10)17)19-15(22)16(23)20-18-9-11-4-2-3-5-14(11)21/h2-9,21H,1H3,(H,19,22)(H,20,23). The first kappa shape index (κ1) is 16.5. The van der Waals surface area contributed by atoms with E-state index in [-0.39, 0.29) is 5.75 Å². The molecule has 23 heavy (non-hydrogen) atoms. The predicted octanol–water partition coefficient (Wildman–Crippen LogP) is 2.44. The van der Waals surface area contributed by atoms with E-state index in [0.29, 0.717) is 16.3 Å². The highest BCUT2D eigenvalue weighted by Gasteiger charge is 2.13. The van der Waals surface area contributed by atoms with Gasteiger partial charge in [-0.2, -0.15) is 5.10 Å². The summed E-state index contributed by atoms with van der Waals surface area (Å²) in [4.78, 5) is 23.4. The van der Waals surface area contributed by atoms with Crippen LogP contribution in [0.1, 0.15) is 11.1 Å². The Morgan fingerprint density at radius 3 is 2.61 bits per heavy atom. The molecule has 0 saturated carbocycles. The third-order valence-corrected chi connectivity index (χ3v) is 3.35. The quantitative estimate of drug-likeness (QED) is 0.458. The van der Waals surface area contributed by atoms with E-state index in [2.05, 4.69) is 15.8 Å². The summed E-state index contributed by atoms with van der Waals surface area (Å²) < 4.78 is 0. The SMILES string of the molecule is Cc1ccc(NC(=O)C(=O)NN=Cc2ccccc2O)cc1Cl. The van der Waals surface area contributed by atoms with Crippen molar-refractivity contribution in [3.05, 3.63) is 58.6 Å². The van der Waals surface area contributed by atoms with Gasteiger partial charge in [0.25, 0.3) is 0 Å². The van der Waals surface area contributed by atoms with Gasteiger partial charge in [0, 0.05) is 16.3 Å². The second-order valence-corrected chi connectivity index (χ2v) is 5.08. The molecule has 6 nitrogen and oxygen atoms in total. The second kappa shape index (κ2) is 7.42. The van der Waals surface area contributed by atoms with Crippen molar-refractivity contribution in [1.82, 2.24) is 5.43 Å². The Morgan fingerprint density at radius 1 is 1.17 bits per heavy atom. The van der Waals surface area contributed by atoms with Crippen LogP contribution < -0.4 is 10.7 Å². The molecule has 0 unspecified atom stereocenters. The van der Waals surface area contributed by atoms with Crippen LogP contribution in [0.3, 0.4) is 0 Å². The number of phenols is 1. The number of rotatable bonds is 3. The van der Waals surface area contributed by atoms with Crippen LogP contribution >= 0.6 is 11.6 Å². The van der Waals surface area contributed by atoms with Crippen LogP contribution in [0.2, 0.25) is 5.02 Å². The molecule has 0 radical (unpaired) electrons. The van der Waals surface area contributed by atoms with Crippen molar-refractivity contribution in [3.8, 4) is 5.75 Å². The summed E-state index contributed by atoms with van der Waals surface area (Å²) in [5.41, 5.74) is 3.76. The van der Waals surface area contributed by atoms with Crippen LogP contribution in [0.15, 0.2) is 47.6 Å². The highest BCUT2D eigenvalue weighted by atomic mass is 35.5. The Bertz CT molecular complexity index is 775. The number of para-hydroxylation sites is 1. The van der Waals surface area contributed by atoms with E-state index in [1.807, 2.05) is 6.92 Å². The maximum absolute atomic E-state index is 11.7. The van der Waals surface area contributed by atoms with E-state index >= 15 is 0 Å². The number of phenolic OH excluding ortho intramolecular Hbond substituents is 1. The van der Waals surface area contributed by atoms with Gasteiger partial charge in [0.05, 0.1) is 6.21 Å². The molecule has 0 bridgehead atoms. The van der Waals surface area contributed by atoms with Crippen molar-refractivity contribution in [2.24, 2.45) is 5.10 Å². The molecule has 2 rings (SSSR count). The largest absolute Gasteiger partial charge is 0.507 e. The Hall–Kier alpha value is -2.86. The van der Waals surface area contributed by atoms with Gasteiger partial charge in [-0.25, -0.2) is 5.43 Å². The molecule has 118 valence electrons. The Morgan fingerprint density at radius 2 is 1.91 bits per heavy atom. The number of nitrogens with one attached hydrogen (secondary N) is 2. The smallest absolute Gasteiger partial charge is 0.329 e. The maximum Gasteiger partial charge on any atom is 0.329 e. The van der Waals surface area contributed by atoms with Crippen molar-refractivity contribution in [3.63, 3.8) is 0 Å². The highest BCUT2D eigenvalue weighted by molar-refractivity contribution is 6.39. The van der Waals surface area contributed by atoms with Gasteiger partial charge in [-0.1, -0.05) is 29.8 Å². The molecule has 0 heterocycles. The minimum Gasteiger partial charge on any atom is -0.507 e. The topological polar surface area (TPSA) is 90.8 Å². The first-order valence-electron chi connectivity index (χ1n) is 6.66. The lowest BCUT2D eigenvalue weighted by atomic mass is 10.2. The number of hydrazone groups is 1. The molecule has 2 aromatic rings. The Balaban J connectivity index is 1.94. The summed E-state index contributed by atoms with van der Waals surface area (Å²) >= 11 is 5.94. The van der Waals surface area contributed by atoms with Crippen LogP contribution in [0.4, 0.5) is 5.69 Å². The lowest BCUT2D eigenvalue weighted by Crippen LogP contribution is -2.32. The van der Waals surface area contributed by atoms with E-state index in [4.69, 9.17) is 11.6 Å². The van der Waals surface area contributed by atoms with E-state index in [1.165, 1.54) is 12.3 Å². The number of hydrogen-bond donors (Lipinski definition) is 3. The lowest BCUT2D eigenvalue weighted by molar-refractivity contribution is -0.136. The van der Waals surface area contributed by atoms with Gasteiger partial charge in [0.15, 0.2) is 0 Å². The zero-order chi connectivity index (χ0) is 16.8. The highest BCUT2D eigenvalue weighted by Crippen LogP contribution is 2.19. The average Bonchev–Trinajstić information content (AvgIpc) is 2.52. The number of halogens is 1. The summed E-state index contributed by atoms with van der Waals surface area (Å²) in [6, 6.07) is 11.4. The van der Waals surface area contributed by atoms with Crippen molar-refractivity contribution in [2.75, 3.05) is 5.32 Å². The zero-order valence-corrected chi connectivity index (χ0v) is 13.0. The van der Waals surface area contributed by atoms with Crippen LogP contribution in [0.5, 0.6) is 5.75 Å². The van der Waals surface area contributed by atoms with Crippen molar-refractivity contribution in [2.45, 2.75) is 6.92 Å². The fourth-order valence-electron chi connectivity index (χ4n) is 1.67. The van der Waals surface area contributed by atoms with Gasteiger partial charge in [0.1, 0.15) is 5.75 Å². The van der Waals surface area contributed by atoms with Gasteiger partial charge in [0.2, 0.25) is 0 Å². The van der Waals surface area contributed by atoms with Gasteiger partial charge in [-0.3, -0.25) is 9.59 Å². The molecule has 0 aliphatic heterocycles. The first-order valence-corrected chi connectivity index (χ1v) is 7.03. The number of nitrogens with zero attached hydrogens (tertiary/aromatic N) is 1. The van der Waals surface area contributed by atoms with Crippen LogP contribution in [-0.2, 0) is 9.59 Å². The molecular formula is C16H14ClN3O3. The third-order valence-electron chi connectivity index (χ3n) is 2.94. The summed E-state index contributed by atoms with van der Waals surface area (Å²) in [6.07, 6.45) is 1.24. The number of carbonyl (C=O) groups excluding carboxylic acids is 2. The second-order valence-electron chi connectivity index (χ2n) is 4.68. The molecule has 2 aromatic carbocycles.